The zero-order chi connectivity index (χ0) is 22.2. The molecule has 1 unspecified atom stereocenters. The van der Waals surface area contributed by atoms with Gasteiger partial charge in [0.25, 0.3) is 0 Å². The van der Waals surface area contributed by atoms with Crippen molar-refractivity contribution in [2.75, 3.05) is 27.9 Å². The third kappa shape index (κ3) is 5.72. The Morgan fingerprint density at radius 2 is 1.68 bits per heavy atom. The topological polar surface area (TPSA) is 43.3 Å². The minimum Gasteiger partial charge on any atom is -0.493 e. The Labute approximate surface area is 187 Å². The van der Waals surface area contributed by atoms with Crippen molar-refractivity contribution < 1.29 is 14.2 Å². The average Bonchev–Trinajstić information content (AvgIpc) is 3.29. The second kappa shape index (κ2) is 11.1. The Morgan fingerprint density at radius 1 is 1.00 bits per heavy atom. The van der Waals surface area contributed by atoms with Gasteiger partial charge in [0, 0.05) is 24.7 Å². The summed E-state index contributed by atoms with van der Waals surface area (Å²) < 4.78 is 16.5. The SMILES string of the molecule is CCC1=NN(C(C)CCCc2ccccc2Cc2cc(OC)c(OC)c(OC)c2)CC1. The molecule has 0 N–H and O–H groups in total. The number of hydrazone groups is 1. The monoisotopic (exact) mass is 424 g/mol. The normalized spacial score (nSPS) is 14.4. The lowest BCUT2D eigenvalue weighted by Gasteiger charge is -2.22. The lowest BCUT2D eigenvalue weighted by Crippen LogP contribution is -2.26. The molecule has 5 heteroatoms. The second-order valence-corrected chi connectivity index (χ2v) is 8.15. The van der Waals surface area contributed by atoms with Crippen molar-refractivity contribution >= 4 is 5.71 Å². The molecule has 0 aromatic heterocycles. The van der Waals surface area contributed by atoms with Crippen LogP contribution in [0.3, 0.4) is 0 Å². The van der Waals surface area contributed by atoms with Gasteiger partial charge < -0.3 is 14.2 Å². The summed E-state index contributed by atoms with van der Waals surface area (Å²) >= 11 is 0. The molecule has 0 aliphatic carbocycles. The molecule has 168 valence electrons. The average molecular weight is 425 g/mol. The zero-order valence-electron chi connectivity index (χ0n) is 19.6. The molecule has 0 saturated heterocycles. The first-order valence-corrected chi connectivity index (χ1v) is 11.3. The molecule has 1 atom stereocenters. The second-order valence-electron chi connectivity index (χ2n) is 8.15. The molecule has 5 nitrogen and oxygen atoms in total. The van der Waals surface area contributed by atoms with Gasteiger partial charge in [-0.15, -0.1) is 0 Å². The van der Waals surface area contributed by atoms with E-state index < -0.39 is 0 Å². The van der Waals surface area contributed by atoms with Gasteiger partial charge in [-0.25, -0.2) is 0 Å². The van der Waals surface area contributed by atoms with Gasteiger partial charge >= 0.3 is 0 Å². The van der Waals surface area contributed by atoms with E-state index >= 15 is 0 Å². The Balaban J connectivity index is 1.66. The maximum Gasteiger partial charge on any atom is 0.203 e. The van der Waals surface area contributed by atoms with E-state index in [1.165, 1.54) is 16.8 Å². The minimum absolute atomic E-state index is 0.492. The van der Waals surface area contributed by atoms with Crippen LogP contribution in [-0.2, 0) is 12.8 Å². The Bertz CT molecular complexity index is 869. The summed E-state index contributed by atoms with van der Waals surface area (Å²) in [4.78, 5) is 0. The molecule has 0 saturated carbocycles. The summed E-state index contributed by atoms with van der Waals surface area (Å²) in [6, 6.07) is 13.3. The summed E-state index contributed by atoms with van der Waals surface area (Å²) in [5.74, 6) is 2.02. The van der Waals surface area contributed by atoms with Crippen LogP contribution in [0.5, 0.6) is 17.2 Å². The van der Waals surface area contributed by atoms with Crippen LogP contribution in [0.4, 0.5) is 0 Å². The van der Waals surface area contributed by atoms with Crippen molar-refractivity contribution in [3.8, 4) is 17.2 Å². The van der Waals surface area contributed by atoms with E-state index in [1.807, 2.05) is 12.1 Å². The quantitative estimate of drug-likeness (QED) is 0.479. The van der Waals surface area contributed by atoms with Crippen molar-refractivity contribution in [2.45, 2.75) is 58.4 Å². The fourth-order valence-corrected chi connectivity index (χ4v) is 4.26. The van der Waals surface area contributed by atoms with Crippen LogP contribution >= 0.6 is 0 Å². The molecule has 2 aromatic rings. The van der Waals surface area contributed by atoms with Crippen LogP contribution < -0.4 is 14.2 Å². The number of ether oxygens (including phenoxy) is 3. The molecule has 1 aliphatic heterocycles. The fraction of sp³-hybridized carbons (Fsp3) is 0.500. The molecule has 0 amide bonds. The van der Waals surface area contributed by atoms with E-state index in [0.29, 0.717) is 23.3 Å². The Hall–Kier alpha value is -2.69. The van der Waals surface area contributed by atoms with Crippen molar-refractivity contribution in [1.82, 2.24) is 5.01 Å². The van der Waals surface area contributed by atoms with Gasteiger partial charge in [0.1, 0.15) is 0 Å². The number of benzene rings is 2. The Morgan fingerprint density at radius 3 is 2.26 bits per heavy atom. The van der Waals surface area contributed by atoms with Crippen molar-refractivity contribution in [1.29, 1.82) is 0 Å². The smallest absolute Gasteiger partial charge is 0.203 e. The largest absolute Gasteiger partial charge is 0.493 e. The van der Waals surface area contributed by atoms with Crippen LogP contribution in [0.2, 0.25) is 0 Å². The highest BCUT2D eigenvalue weighted by atomic mass is 16.5. The number of rotatable bonds is 11. The molecule has 0 spiro atoms. The van der Waals surface area contributed by atoms with Gasteiger partial charge in [-0.1, -0.05) is 31.2 Å². The van der Waals surface area contributed by atoms with Gasteiger partial charge in [0.15, 0.2) is 11.5 Å². The lowest BCUT2D eigenvalue weighted by molar-refractivity contribution is 0.227. The highest BCUT2D eigenvalue weighted by molar-refractivity contribution is 5.85. The van der Waals surface area contributed by atoms with Crippen LogP contribution in [0.25, 0.3) is 0 Å². The predicted octanol–water partition coefficient (Wildman–Crippen LogP) is 5.49. The molecule has 2 aromatic carbocycles. The Kier molecular flexibility index (Phi) is 8.21. The van der Waals surface area contributed by atoms with E-state index in [9.17, 15) is 0 Å². The van der Waals surface area contributed by atoms with E-state index in [1.54, 1.807) is 21.3 Å². The summed E-state index contributed by atoms with van der Waals surface area (Å²) in [6.45, 7) is 5.56. The first kappa shape index (κ1) is 23.0. The molecule has 1 aliphatic rings. The number of methoxy groups -OCH3 is 3. The maximum atomic E-state index is 5.52. The lowest BCUT2D eigenvalue weighted by atomic mass is 9.95. The predicted molar refractivity (Wildman–Crippen MR) is 127 cm³/mol. The number of hydrogen-bond donors (Lipinski definition) is 0. The number of hydrogen-bond acceptors (Lipinski definition) is 5. The van der Waals surface area contributed by atoms with Crippen LogP contribution in [0.1, 0.15) is 56.2 Å². The van der Waals surface area contributed by atoms with Crippen LogP contribution in [0.15, 0.2) is 41.5 Å². The highest BCUT2D eigenvalue weighted by Crippen LogP contribution is 2.38. The van der Waals surface area contributed by atoms with Crippen LogP contribution in [0, 0.1) is 0 Å². The fourth-order valence-electron chi connectivity index (χ4n) is 4.26. The molecular formula is C26H36N2O3. The van der Waals surface area contributed by atoms with E-state index in [4.69, 9.17) is 19.3 Å². The molecule has 0 fully saturated rings. The number of aryl methyl sites for hydroxylation is 1. The maximum absolute atomic E-state index is 5.52. The van der Waals surface area contributed by atoms with E-state index in [-0.39, 0.29) is 0 Å². The van der Waals surface area contributed by atoms with E-state index in [2.05, 4.69) is 43.1 Å². The van der Waals surface area contributed by atoms with Gasteiger partial charge in [-0.2, -0.15) is 5.10 Å². The number of nitrogens with zero attached hydrogens (tertiary/aromatic N) is 2. The standard InChI is InChI=1S/C26H36N2O3/c1-6-23-14-15-28(27-23)19(2)10-9-13-21-11-7-8-12-22(21)16-20-17-24(29-3)26(31-5)25(18-20)30-4/h7-8,11-12,17-19H,6,9-10,13-16H2,1-5H3. The third-order valence-corrected chi connectivity index (χ3v) is 6.12. The molecule has 31 heavy (non-hydrogen) atoms. The summed E-state index contributed by atoms with van der Waals surface area (Å²) in [5, 5.41) is 7.05. The molecule has 0 bridgehead atoms. The molecular weight excluding hydrogens is 388 g/mol. The summed E-state index contributed by atoms with van der Waals surface area (Å²) in [6.07, 6.45) is 6.40. The summed E-state index contributed by atoms with van der Waals surface area (Å²) in [5.41, 5.74) is 5.23. The highest BCUT2D eigenvalue weighted by Gasteiger charge is 2.18. The first-order valence-electron chi connectivity index (χ1n) is 11.3. The van der Waals surface area contributed by atoms with Crippen molar-refractivity contribution in [3.05, 3.63) is 53.1 Å². The third-order valence-electron chi connectivity index (χ3n) is 6.12. The van der Waals surface area contributed by atoms with Crippen molar-refractivity contribution in [2.24, 2.45) is 5.10 Å². The van der Waals surface area contributed by atoms with Gasteiger partial charge in [0.2, 0.25) is 5.75 Å². The minimum atomic E-state index is 0.492. The van der Waals surface area contributed by atoms with Gasteiger partial charge in [0.05, 0.1) is 21.3 Å². The first-order chi connectivity index (χ1) is 15.1. The van der Waals surface area contributed by atoms with Crippen LogP contribution in [-0.4, -0.2) is 44.6 Å². The van der Waals surface area contributed by atoms with Gasteiger partial charge in [-0.3, -0.25) is 5.01 Å². The molecule has 3 rings (SSSR count). The van der Waals surface area contributed by atoms with Gasteiger partial charge in [-0.05, 0) is 67.9 Å². The molecule has 0 radical (unpaired) electrons. The van der Waals surface area contributed by atoms with Crippen molar-refractivity contribution in [3.63, 3.8) is 0 Å². The van der Waals surface area contributed by atoms with E-state index in [0.717, 1.165) is 50.6 Å². The zero-order valence-corrected chi connectivity index (χ0v) is 19.6. The molecule has 1 heterocycles. The summed E-state index contributed by atoms with van der Waals surface area (Å²) in [7, 11) is 4.95.